The van der Waals surface area contributed by atoms with Gasteiger partial charge in [-0.15, -0.1) is 25.6 Å². The van der Waals surface area contributed by atoms with Gasteiger partial charge in [-0.3, -0.25) is 9.69 Å². The van der Waals surface area contributed by atoms with Crippen molar-refractivity contribution in [3.8, 4) is 0 Å². The molecule has 0 radical (unpaired) electrons. The lowest BCUT2D eigenvalue weighted by molar-refractivity contribution is -0.131. The number of carbonyl (C=O) groups is 1. The molecule has 0 aromatic heterocycles. The van der Waals surface area contributed by atoms with Crippen molar-refractivity contribution in [2.75, 3.05) is 39.8 Å². The summed E-state index contributed by atoms with van der Waals surface area (Å²) in [6.07, 6.45) is 4.62. The van der Waals surface area contributed by atoms with E-state index in [1.165, 1.54) is 0 Å². The Morgan fingerprint density at radius 3 is 2.50 bits per heavy atom. The second-order valence-corrected chi connectivity index (χ2v) is 4.39. The number of carbonyl (C=O) groups excluding carboxylic acids is 1. The smallest absolute Gasteiger partial charge is 0.237 e. The van der Waals surface area contributed by atoms with E-state index < -0.39 is 0 Å². The second-order valence-electron chi connectivity index (χ2n) is 4.39. The molecule has 0 spiro atoms. The zero-order chi connectivity index (χ0) is 12.7. The molecule has 1 rings (SSSR count). The molecule has 1 N–H and O–H groups in total. The highest BCUT2D eigenvalue weighted by Crippen LogP contribution is 2.08. The molecule has 1 aliphatic heterocycles. The molecule has 1 atom stereocenters. The van der Waals surface area contributed by atoms with E-state index in [0.717, 1.165) is 19.5 Å². The minimum atomic E-state index is 0. The number of hydrogen-bond acceptors (Lipinski definition) is 3. The largest absolute Gasteiger partial charge is 0.334 e. The van der Waals surface area contributed by atoms with Gasteiger partial charge in [0.2, 0.25) is 5.91 Å². The van der Waals surface area contributed by atoms with Gasteiger partial charge in [0.1, 0.15) is 0 Å². The summed E-state index contributed by atoms with van der Waals surface area (Å²) in [5, 5.41) is 3.25. The number of hydrogen-bond donors (Lipinski definition) is 1. The summed E-state index contributed by atoms with van der Waals surface area (Å²) in [5.74, 6) is 0.154. The SMILES string of the molecule is C=CCN(CC=C)C(=O)CN1CCC(NC)C1.Cl. The summed E-state index contributed by atoms with van der Waals surface area (Å²) in [4.78, 5) is 16.0. The number of likely N-dealkylation sites (N-methyl/N-ethyl adjacent to an activating group) is 1. The van der Waals surface area contributed by atoms with Crippen LogP contribution in [0.2, 0.25) is 0 Å². The zero-order valence-corrected chi connectivity index (χ0v) is 11.9. The maximum atomic E-state index is 12.0. The second kappa shape index (κ2) is 9.14. The minimum Gasteiger partial charge on any atom is -0.334 e. The Balaban J connectivity index is 0.00000289. The fourth-order valence-corrected chi connectivity index (χ4v) is 2.09. The number of likely N-dealkylation sites (tertiary alicyclic amines) is 1. The van der Waals surface area contributed by atoms with Crippen molar-refractivity contribution in [3.63, 3.8) is 0 Å². The van der Waals surface area contributed by atoms with E-state index in [2.05, 4.69) is 23.4 Å². The van der Waals surface area contributed by atoms with Gasteiger partial charge in [-0.25, -0.2) is 0 Å². The molecular weight excluding hydrogens is 250 g/mol. The predicted octanol–water partition coefficient (Wildman–Crippen LogP) is 0.903. The fourth-order valence-electron chi connectivity index (χ4n) is 2.09. The van der Waals surface area contributed by atoms with Crippen molar-refractivity contribution in [2.45, 2.75) is 12.5 Å². The van der Waals surface area contributed by atoms with Gasteiger partial charge < -0.3 is 10.2 Å². The monoisotopic (exact) mass is 273 g/mol. The third kappa shape index (κ3) is 5.21. The molecule has 1 aliphatic rings. The van der Waals surface area contributed by atoms with Crippen molar-refractivity contribution >= 4 is 18.3 Å². The zero-order valence-electron chi connectivity index (χ0n) is 11.1. The number of nitrogens with one attached hydrogen (secondary N) is 1. The lowest BCUT2D eigenvalue weighted by Crippen LogP contribution is -2.40. The van der Waals surface area contributed by atoms with E-state index >= 15 is 0 Å². The molecule has 1 unspecified atom stereocenters. The molecule has 0 saturated carbocycles. The molecule has 1 heterocycles. The first-order chi connectivity index (χ1) is 8.21. The number of halogens is 1. The Kier molecular flexibility index (Phi) is 8.71. The van der Waals surface area contributed by atoms with E-state index in [4.69, 9.17) is 0 Å². The van der Waals surface area contributed by atoms with Crippen LogP contribution in [0.4, 0.5) is 0 Å². The van der Waals surface area contributed by atoms with Crippen molar-refractivity contribution in [2.24, 2.45) is 0 Å². The third-order valence-electron chi connectivity index (χ3n) is 3.09. The van der Waals surface area contributed by atoms with E-state index in [9.17, 15) is 4.79 Å². The average molecular weight is 274 g/mol. The summed E-state index contributed by atoms with van der Waals surface area (Å²) < 4.78 is 0. The first kappa shape index (κ1) is 17.2. The Morgan fingerprint density at radius 2 is 2.06 bits per heavy atom. The molecule has 18 heavy (non-hydrogen) atoms. The minimum absolute atomic E-state index is 0. The Hall–Kier alpha value is -0.840. The normalized spacial score (nSPS) is 19.1. The van der Waals surface area contributed by atoms with Gasteiger partial charge in [-0.05, 0) is 13.5 Å². The van der Waals surface area contributed by atoms with Crippen LogP contribution in [0.1, 0.15) is 6.42 Å². The van der Waals surface area contributed by atoms with Gasteiger partial charge in [0.05, 0.1) is 6.54 Å². The molecule has 1 amide bonds. The maximum absolute atomic E-state index is 12.0. The first-order valence-electron chi connectivity index (χ1n) is 6.10. The standard InChI is InChI=1S/C13H23N3O.ClH/c1-4-7-16(8-5-2)13(17)11-15-9-6-12(10-15)14-3;/h4-5,12,14H,1-2,6-11H2,3H3;1H. The van der Waals surface area contributed by atoms with Gasteiger partial charge in [0, 0.05) is 32.2 Å². The molecule has 0 aliphatic carbocycles. The summed E-state index contributed by atoms with van der Waals surface area (Å²) in [5.41, 5.74) is 0. The van der Waals surface area contributed by atoms with Gasteiger partial charge in [-0.1, -0.05) is 12.2 Å². The van der Waals surface area contributed by atoms with Crippen LogP contribution in [0.3, 0.4) is 0 Å². The molecule has 5 heteroatoms. The molecule has 104 valence electrons. The van der Waals surface area contributed by atoms with Gasteiger partial charge in [0.25, 0.3) is 0 Å². The molecular formula is C13H24ClN3O. The van der Waals surface area contributed by atoms with Crippen molar-refractivity contribution in [3.05, 3.63) is 25.3 Å². The highest BCUT2D eigenvalue weighted by Gasteiger charge is 2.24. The van der Waals surface area contributed by atoms with Crippen LogP contribution in [0.15, 0.2) is 25.3 Å². The quantitative estimate of drug-likeness (QED) is 0.700. The highest BCUT2D eigenvalue weighted by atomic mass is 35.5. The number of amides is 1. The Morgan fingerprint density at radius 1 is 1.44 bits per heavy atom. The molecule has 0 aromatic carbocycles. The molecule has 1 fully saturated rings. The van der Waals surface area contributed by atoms with Crippen molar-refractivity contribution in [1.29, 1.82) is 0 Å². The van der Waals surface area contributed by atoms with Crippen LogP contribution in [0.25, 0.3) is 0 Å². The van der Waals surface area contributed by atoms with Crippen LogP contribution >= 0.6 is 12.4 Å². The van der Waals surface area contributed by atoms with Crippen LogP contribution in [-0.2, 0) is 4.79 Å². The fraction of sp³-hybridized carbons (Fsp3) is 0.615. The van der Waals surface area contributed by atoms with Crippen LogP contribution in [-0.4, -0.2) is 61.5 Å². The highest BCUT2D eigenvalue weighted by molar-refractivity contribution is 5.85. The Bertz CT molecular complexity index is 273. The van der Waals surface area contributed by atoms with E-state index in [1.807, 2.05) is 7.05 Å². The summed E-state index contributed by atoms with van der Waals surface area (Å²) in [7, 11) is 1.97. The predicted molar refractivity (Wildman–Crippen MR) is 78.1 cm³/mol. The number of rotatable bonds is 7. The maximum Gasteiger partial charge on any atom is 0.237 e. The summed E-state index contributed by atoms with van der Waals surface area (Å²) in [6.45, 7) is 11.0. The van der Waals surface area contributed by atoms with Gasteiger partial charge in [0.15, 0.2) is 0 Å². The van der Waals surface area contributed by atoms with Crippen molar-refractivity contribution in [1.82, 2.24) is 15.1 Å². The van der Waals surface area contributed by atoms with E-state index in [-0.39, 0.29) is 18.3 Å². The van der Waals surface area contributed by atoms with Crippen molar-refractivity contribution < 1.29 is 4.79 Å². The lowest BCUT2D eigenvalue weighted by Gasteiger charge is -2.23. The molecule has 1 saturated heterocycles. The van der Waals surface area contributed by atoms with E-state index in [1.54, 1.807) is 17.1 Å². The molecule has 4 nitrogen and oxygen atoms in total. The Labute approximate surface area is 116 Å². The molecule has 0 bridgehead atoms. The topological polar surface area (TPSA) is 35.6 Å². The molecule has 0 aromatic rings. The van der Waals surface area contributed by atoms with Crippen LogP contribution in [0, 0.1) is 0 Å². The van der Waals surface area contributed by atoms with Crippen LogP contribution in [0.5, 0.6) is 0 Å². The first-order valence-corrected chi connectivity index (χ1v) is 6.10. The summed E-state index contributed by atoms with van der Waals surface area (Å²) in [6, 6.07) is 0.523. The van der Waals surface area contributed by atoms with Gasteiger partial charge in [-0.2, -0.15) is 0 Å². The van der Waals surface area contributed by atoms with E-state index in [0.29, 0.717) is 25.7 Å². The van der Waals surface area contributed by atoms with Gasteiger partial charge >= 0.3 is 0 Å². The lowest BCUT2D eigenvalue weighted by atomic mass is 10.3. The average Bonchev–Trinajstić information content (AvgIpc) is 2.76. The summed E-state index contributed by atoms with van der Waals surface area (Å²) >= 11 is 0. The number of nitrogens with zero attached hydrogens (tertiary/aromatic N) is 2. The van der Waals surface area contributed by atoms with Crippen LogP contribution < -0.4 is 5.32 Å². The third-order valence-corrected chi connectivity index (χ3v) is 3.09.